The van der Waals surface area contributed by atoms with E-state index in [1.807, 2.05) is 6.07 Å². The average molecular weight is 302 g/mol. The van der Waals surface area contributed by atoms with E-state index in [0.29, 0.717) is 43.4 Å². The molecule has 0 aliphatic carbocycles. The first-order valence-electron chi connectivity index (χ1n) is 6.90. The van der Waals surface area contributed by atoms with Crippen molar-refractivity contribution in [1.82, 2.24) is 4.90 Å². The summed E-state index contributed by atoms with van der Waals surface area (Å²) in [5.41, 5.74) is 0.796. The Balaban J connectivity index is 2.24. The van der Waals surface area contributed by atoms with Crippen LogP contribution < -0.4 is 9.47 Å². The molecule has 1 aliphatic heterocycles. The number of hydrogen-bond acceptors (Lipinski definition) is 5. The SMILES string of the molecule is COc1ccc(/C=C(\C#N)C(=O)N2CCOCC2)cc1OC. The quantitative estimate of drug-likeness (QED) is 0.622. The number of amides is 1. The van der Waals surface area contributed by atoms with E-state index in [2.05, 4.69) is 0 Å². The van der Waals surface area contributed by atoms with Crippen LogP contribution in [0.4, 0.5) is 0 Å². The van der Waals surface area contributed by atoms with Crippen molar-refractivity contribution in [2.24, 2.45) is 0 Å². The van der Waals surface area contributed by atoms with Gasteiger partial charge >= 0.3 is 0 Å². The predicted molar refractivity (Wildman–Crippen MR) is 80.5 cm³/mol. The molecule has 2 rings (SSSR count). The second-order valence-corrected chi connectivity index (χ2v) is 4.69. The second-order valence-electron chi connectivity index (χ2n) is 4.69. The Bertz CT molecular complexity index is 613. The average Bonchev–Trinajstić information content (AvgIpc) is 2.59. The number of carbonyl (C=O) groups is 1. The fourth-order valence-electron chi connectivity index (χ4n) is 2.19. The van der Waals surface area contributed by atoms with E-state index in [4.69, 9.17) is 14.2 Å². The molecule has 0 radical (unpaired) electrons. The molecule has 6 nitrogen and oxygen atoms in total. The Morgan fingerprint density at radius 1 is 1.27 bits per heavy atom. The molecular weight excluding hydrogens is 284 g/mol. The van der Waals surface area contributed by atoms with Gasteiger partial charge in [0.05, 0.1) is 27.4 Å². The lowest BCUT2D eigenvalue weighted by Gasteiger charge is -2.26. The molecule has 1 aromatic carbocycles. The highest BCUT2D eigenvalue weighted by molar-refractivity contribution is 6.01. The zero-order valence-corrected chi connectivity index (χ0v) is 12.7. The van der Waals surface area contributed by atoms with Crippen LogP contribution in [0.15, 0.2) is 23.8 Å². The van der Waals surface area contributed by atoms with Gasteiger partial charge in [0.1, 0.15) is 11.6 Å². The molecule has 1 heterocycles. The molecule has 22 heavy (non-hydrogen) atoms. The van der Waals surface area contributed by atoms with Gasteiger partial charge in [-0.15, -0.1) is 0 Å². The first-order valence-corrected chi connectivity index (χ1v) is 6.90. The van der Waals surface area contributed by atoms with Crippen molar-refractivity contribution in [2.45, 2.75) is 0 Å². The highest BCUT2D eigenvalue weighted by Crippen LogP contribution is 2.28. The van der Waals surface area contributed by atoms with E-state index in [-0.39, 0.29) is 11.5 Å². The summed E-state index contributed by atoms with van der Waals surface area (Å²) in [6.45, 7) is 2.01. The molecule has 0 spiro atoms. The molecule has 1 aromatic rings. The fourth-order valence-corrected chi connectivity index (χ4v) is 2.19. The van der Waals surface area contributed by atoms with Gasteiger partial charge in [-0.05, 0) is 23.8 Å². The van der Waals surface area contributed by atoms with E-state index in [1.165, 1.54) is 7.11 Å². The van der Waals surface area contributed by atoms with Crippen molar-refractivity contribution in [3.05, 3.63) is 29.3 Å². The number of methoxy groups -OCH3 is 2. The molecule has 0 atom stereocenters. The predicted octanol–water partition coefficient (Wildman–Crippen LogP) is 1.47. The zero-order chi connectivity index (χ0) is 15.9. The summed E-state index contributed by atoms with van der Waals surface area (Å²) in [5.74, 6) is 0.866. The van der Waals surface area contributed by atoms with Crippen molar-refractivity contribution in [2.75, 3.05) is 40.5 Å². The first-order chi connectivity index (χ1) is 10.7. The maximum absolute atomic E-state index is 12.3. The van der Waals surface area contributed by atoms with Crippen LogP contribution in [0.3, 0.4) is 0 Å². The van der Waals surface area contributed by atoms with Gasteiger partial charge in [-0.3, -0.25) is 4.79 Å². The lowest BCUT2D eigenvalue weighted by molar-refractivity contribution is -0.130. The van der Waals surface area contributed by atoms with Crippen molar-refractivity contribution < 1.29 is 19.0 Å². The maximum Gasteiger partial charge on any atom is 0.264 e. The number of benzene rings is 1. The van der Waals surface area contributed by atoms with Gasteiger partial charge in [0, 0.05) is 13.1 Å². The minimum Gasteiger partial charge on any atom is -0.493 e. The van der Waals surface area contributed by atoms with Crippen molar-refractivity contribution in [3.63, 3.8) is 0 Å². The summed E-state index contributed by atoms with van der Waals surface area (Å²) in [5, 5.41) is 9.26. The summed E-state index contributed by atoms with van der Waals surface area (Å²) < 4.78 is 15.6. The van der Waals surface area contributed by atoms with E-state index < -0.39 is 0 Å². The Hall–Kier alpha value is -2.52. The first kappa shape index (κ1) is 15.9. The van der Waals surface area contributed by atoms with Crippen molar-refractivity contribution in [3.8, 4) is 17.6 Å². The number of nitrogens with zero attached hydrogens (tertiary/aromatic N) is 2. The van der Waals surface area contributed by atoms with Gasteiger partial charge in [0.15, 0.2) is 11.5 Å². The molecule has 116 valence electrons. The smallest absolute Gasteiger partial charge is 0.264 e. The third-order valence-electron chi connectivity index (χ3n) is 3.37. The van der Waals surface area contributed by atoms with Gasteiger partial charge in [-0.25, -0.2) is 0 Å². The number of ether oxygens (including phenoxy) is 3. The maximum atomic E-state index is 12.3. The van der Waals surface area contributed by atoms with Crippen LogP contribution >= 0.6 is 0 Å². The number of carbonyl (C=O) groups excluding carboxylic acids is 1. The Morgan fingerprint density at radius 3 is 2.55 bits per heavy atom. The minimum atomic E-state index is -0.277. The van der Waals surface area contributed by atoms with Crippen LogP contribution in [0.5, 0.6) is 11.5 Å². The Kier molecular flexibility index (Phi) is 5.39. The summed E-state index contributed by atoms with van der Waals surface area (Å²) in [6.07, 6.45) is 1.56. The molecule has 0 aromatic heterocycles. The molecule has 1 saturated heterocycles. The lowest BCUT2D eigenvalue weighted by atomic mass is 10.1. The molecule has 6 heteroatoms. The molecule has 1 amide bonds. The second kappa shape index (κ2) is 7.48. The van der Waals surface area contributed by atoms with Gasteiger partial charge in [0.2, 0.25) is 0 Å². The van der Waals surface area contributed by atoms with E-state index in [1.54, 1.807) is 36.3 Å². The number of rotatable bonds is 4. The molecule has 1 aliphatic rings. The number of nitriles is 1. The monoisotopic (exact) mass is 302 g/mol. The van der Waals surface area contributed by atoms with E-state index >= 15 is 0 Å². The molecule has 0 saturated carbocycles. The summed E-state index contributed by atoms with van der Waals surface area (Å²) in [4.78, 5) is 14.0. The third-order valence-corrected chi connectivity index (χ3v) is 3.37. The summed E-state index contributed by atoms with van der Waals surface area (Å²) in [6, 6.07) is 7.20. The molecule has 0 bridgehead atoms. The third kappa shape index (κ3) is 3.57. The van der Waals surface area contributed by atoms with E-state index in [0.717, 1.165) is 0 Å². The topological polar surface area (TPSA) is 71.8 Å². The fraction of sp³-hybridized carbons (Fsp3) is 0.375. The Labute approximate surface area is 129 Å². The van der Waals surface area contributed by atoms with Crippen molar-refractivity contribution >= 4 is 12.0 Å². The van der Waals surface area contributed by atoms with Crippen LogP contribution in [0.2, 0.25) is 0 Å². The summed E-state index contributed by atoms with van der Waals surface area (Å²) in [7, 11) is 3.09. The van der Waals surface area contributed by atoms with E-state index in [9.17, 15) is 10.1 Å². The lowest BCUT2D eigenvalue weighted by Crippen LogP contribution is -2.41. The zero-order valence-electron chi connectivity index (χ0n) is 12.7. The molecule has 1 fully saturated rings. The molecular formula is C16H18N2O4. The number of hydrogen-bond donors (Lipinski definition) is 0. The van der Waals surface area contributed by atoms with Crippen molar-refractivity contribution in [1.29, 1.82) is 5.26 Å². The molecule has 0 N–H and O–H groups in total. The highest BCUT2D eigenvalue weighted by atomic mass is 16.5. The summed E-state index contributed by atoms with van der Waals surface area (Å²) >= 11 is 0. The normalized spacial score (nSPS) is 15.1. The number of morpholine rings is 1. The minimum absolute atomic E-state index is 0.0918. The van der Waals surface area contributed by atoms with Gasteiger partial charge in [0.25, 0.3) is 5.91 Å². The van der Waals surface area contributed by atoms with Crippen LogP contribution in [0.1, 0.15) is 5.56 Å². The van der Waals surface area contributed by atoms with Gasteiger partial charge in [-0.1, -0.05) is 6.07 Å². The van der Waals surface area contributed by atoms with Crippen LogP contribution in [0, 0.1) is 11.3 Å². The van der Waals surface area contributed by atoms with Crippen LogP contribution in [0.25, 0.3) is 6.08 Å². The van der Waals surface area contributed by atoms with Crippen LogP contribution in [-0.2, 0) is 9.53 Å². The Morgan fingerprint density at radius 2 is 1.95 bits per heavy atom. The standard InChI is InChI=1S/C16H18N2O4/c1-20-14-4-3-12(10-15(14)21-2)9-13(11-17)16(19)18-5-7-22-8-6-18/h3-4,9-10H,5-8H2,1-2H3/b13-9+. The van der Waals surface area contributed by atoms with Gasteiger partial charge < -0.3 is 19.1 Å². The van der Waals surface area contributed by atoms with Crippen LogP contribution in [-0.4, -0.2) is 51.3 Å². The van der Waals surface area contributed by atoms with Gasteiger partial charge in [-0.2, -0.15) is 5.26 Å². The largest absolute Gasteiger partial charge is 0.493 e. The highest BCUT2D eigenvalue weighted by Gasteiger charge is 2.20. The molecule has 0 unspecified atom stereocenters.